The Bertz CT molecular complexity index is 1340. The smallest absolute Gasteiger partial charge is 0.251 e. The highest BCUT2D eigenvalue weighted by Crippen LogP contribution is 2.67. The summed E-state index contributed by atoms with van der Waals surface area (Å²) in [6, 6.07) is 13.7. The Balaban J connectivity index is 1.67. The number of rotatable bonds is 10. The molecule has 0 aromatic heterocycles. The van der Waals surface area contributed by atoms with Gasteiger partial charge in [-0.25, -0.2) is 0 Å². The number of hydrogen-bond donors (Lipinski definition) is 1. The van der Waals surface area contributed by atoms with Gasteiger partial charge < -0.3 is 19.8 Å². The molecule has 3 aliphatic heterocycles. The molecule has 0 radical (unpaired) electrons. The molecule has 8 heteroatoms. The highest BCUT2D eigenvalue weighted by atomic mass is 32.2. The van der Waals surface area contributed by atoms with Crippen molar-refractivity contribution in [2.24, 2.45) is 11.8 Å². The van der Waals surface area contributed by atoms with E-state index in [4.69, 9.17) is 0 Å². The van der Waals surface area contributed by atoms with Crippen LogP contribution in [0, 0.1) is 25.7 Å². The molecule has 2 aromatic carbocycles. The van der Waals surface area contributed by atoms with E-state index in [0.717, 1.165) is 28.8 Å². The van der Waals surface area contributed by atoms with Crippen molar-refractivity contribution in [2.45, 2.75) is 48.8 Å². The number of thioether (sulfide) groups is 1. The van der Waals surface area contributed by atoms with Gasteiger partial charge in [-0.2, -0.15) is 0 Å². The zero-order chi connectivity index (χ0) is 29.5. The Morgan fingerprint density at radius 2 is 1.73 bits per heavy atom. The summed E-state index contributed by atoms with van der Waals surface area (Å²) in [4.78, 5) is 48.4. The van der Waals surface area contributed by atoms with E-state index in [1.165, 1.54) is 0 Å². The molecule has 2 aromatic rings. The van der Waals surface area contributed by atoms with Crippen molar-refractivity contribution < 1.29 is 19.5 Å². The molecule has 6 atom stereocenters. The molecule has 1 N–H and O–H groups in total. The lowest BCUT2D eigenvalue weighted by molar-refractivity contribution is -0.145. The van der Waals surface area contributed by atoms with Gasteiger partial charge in [-0.15, -0.1) is 24.9 Å². The van der Waals surface area contributed by atoms with E-state index in [1.807, 2.05) is 62.4 Å². The molecule has 2 bridgehead atoms. The Kier molecular flexibility index (Phi) is 8.17. The second-order valence-electron chi connectivity index (χ2n) is 11.4. The third-order valence-corrected chi connectivity index (χ3v) is 11.0. The third kappa shape index (κ3) is 4.61. The number of para-hydroxylation sites is 1. The highest BCUT2D eigenvalue weighted by molar-refractivity contribution is 8.02. The van der Waals surface area contributed by atoms with E-state index in [2.05, 4.69) is 13.2 Å². The molecule has 0 aliphatic carbocycles. The van der Waals surface area contributed by atoms with E-state index >= 15 is 0 Å². The predicted molar refractivity (Wildman–Crippen MR) is 164 cm³/mol. The van der Waals surface area contributed by atoms with Crippen molar-refractivity contribution in [2.75, 3.05) is 31.6 Å². The summed E-state index contributed by atoms with van der Waals surface area (Å²) in [5.41, 5.74) is 3.47. The molecule has 41 heavy (non-hydrogen) atoms. The largest absolute Gasteiger partial charge is 0.394 e. The molecule has 5 rings (SSSR count). The number of hydrogen-bond acceptors (Lipinski definition) is 5. The number of carbonyl (C=O) groups is 3. The fraction of sp³-hybridized carbons (Fsp3) is 0.424. The molecule has 0 saturated carbocycles. The second kappa shape index (κ2) is 11.5. The van der Waals surface area contributed by atoms with Gasteiger partial charge in [0.1, 0.15) is 6.04 Å². The Labute approximate surface area is 246 Å². The fourth-order valence-corrected chi connectivity index (χ4v) is 9.55. The summed E-state index contributed by atoms with van der Waals surface area (Å²) in [5, 5.41) is 10.7. The number of carbonyl (C=O) groups excluding carboxylic acids is 3. The van der Waals surface area contributed by atoms with E-state index in [-0.39, 0.29) is 36.1 Å². The number of amides is 3. The number of nitrogens with zero attached hydrogens (tertiary/aromatic N) is 3. The fourth-order valence-electron chi connectivity index (χ4n) is 7.35. The second-order valence-corrected chi connectivity index (χ2v) is 13.0. The highest BCUT2D eigenvalue weighted by Gasteiger charge is 2.74. The van der Waals surface area contributed by atoms with Crippen molar-refractivity contribution in [1.29, 1.82) is 0 Å². The minimum atomic E-state index is -0.853. The average Bonchev–Trinajstić information content (AvgIpc) is 3.60. The standard InChI is InChI=1S/C33H39N3O4S/c1-6-18-34(5)30(38)26-25-16-17-33(41-25)27(26)31(39)36(24(20-37)23-14-9-8-10-15-23)29(33)32(40)35(19-7-2)28-21(3)12-11-13-22(28)4/h6-15,24-27,29,37H,1-2,16-20H2,3-5H3/t24-,25-,26+,27+,29?,33?/m1/s1. The maximum Gasteiger partial charge on any atom is 0.251 e. The lowest BCUT2D eigenvalue weighted by atomic mass is 9.70. The number of aryl methyl sites for hydroxylation is 2. The maximum absolute atomic E-state index is 15.0. The van der Waals surface area contributed by atoms with E-state index in [9.17, 15) is 19.5 Å². The van der Waals surface area contributed by atoms with Gasteiger partial charge in [-0.1, -0.05) is 60.7 Å². The zero-order valence-electron chi connectivity index (χ0n) is 24.0. The summed E-state index contributed by atoms with van der Waals surface area (Å²) in [5.74, 6) is -1.70. The average molecular weight is 574 g/mol. The van der Waals surface area contributed by atoms with Gasteiger partial charge in [0.05, 0.1) is 29.2 Å². The first kappa shape index (κ1) is 29.1. The van der Waals surface area contributed by atoms with Crippen LogP contribution < -0.4 is 4.90 Å². The number of benzene rings is 2. The van der Waals surface area contributed by atoms with E-state index in [1.54, 1.807) is 45.7 Å². The van der Waals surface area contributed by atoms with Crippen LogP contribution in [0.25, 0.3) is 0 Å². The number of anilines is 1. The molecular formula is C33H39N3O4S. The van der Waals surface area contributed by atoms with Gasteiger partial charge >= 0.3 is 0 Å². The predicted octanol–water partition coefficient (Wildman–Crippen LogP) is 4.29. The van der Waals surface area contributed by atoms with Gasteiger partial charge in [0.25, 0.3) is 5.91 Å². The molecule has 3 heterocycles. The first-order chi connectivity index (χ1) is 19.7. The summed E-state index contributed by atoms with van der Waals surface area (Å²) in [6.07, 6.45) is 4.79. The molecule has 3 amide bonds. The van der Waals surface area contributed by atoms with Crippen LogP contribution in [-0.2, 0) is 14.4 Å². The molecule has 3 saturated heterocycles. The topological polar surface area (TPSA) is 81.2 Å². The molecule has 1 spiro atoms. The number of fused-ring (bicyclic) bond motifs is 1. The van der Waals surface area contributed by atoms with Gasteiger partial charge in [-0.3, -0.25) is 14.4 Å². The molecular weight excluding hydrogens is 534 g/mol. The maximum atomic E-state index is 15.0. The summed E-state index contributed by atoms with van der Waals surface area (Å²) in [6.45, 7) is 12.0. The summed E-state index contributed by atoms with van der Waals surface area (Å²) in [7, 11) is 1.74. The van der Waals surface area contributed by atoms with Crippen molar-refractivity contribution in [3.63, 3.8) is 0 Å². The minimum Gasteiger partial charge on any atom is -0.394 e. The number of aliphatic hydroxyl groups is 1. The lowest BCUT2D eigenvalue weighted by Gasteiger charge is -2.40. The van der Waals surface area contributed by atoms with Crippen molar-refractivity contribution in [1.82, 2.24) is 9.80 Å². The van der Waals surface area contributed by atoms with Crippen LogP contribution in [0.1, 0.15) is 35.6 Å². The van der Waals surface area contributed by atoms with Gasteiger partial charge in [0.15, 0.2) is 0 Å². The quantitative estimate of drug-likeness (QED) is 0.429. The normalized spacial score (nSPS) is 26.9. The van der Waals surface area contributed by atoms with Crippen LogP contribution >= 0.6 is 11.8 Å². The van der Waals surface area contributed by atoms with Crippen LogP contribution in [0.15, 0.2) is 73.8 Å². The van der Waals surface area contributed by atoms with E-state index < -0.39 is 28.7 Å². The summed E-state index contributed by atoms with van der Waals surface area (Å²) < 4.78 is -0.771. The monoisotopic (exact) mass is 573 g/mol. The lowest BCUT2D eigenvalue weighted by Crippen LogP contribution is -2.56. The first-order valence-electron chi connectivity index (χ1n) is 14.2. The van der Waals surface area contributed by atoms with Crippen LogP contribution in [0.4, 0.5) is 5.69 Å². The van der Waals surface area contributed by atoms with Gasteiger partial charge in [0, 0.05) is 31.1 Å². The van der Waals surface area contributed by atoms with Crippen LogP contribution in [0.2, 0.25) is 0 Å². The Morgan fingerprint density at radius 1 is 1.07 bits per heavy atom. The Morgan fingerprint density at radius 3 is 2.34 bits per heavy atom. The number of likely N-dealkylation sites (tertiary alicyclic amines) is 1. The number of likely N-dealkylation sites (N-methyl/N-ethyl adjacent to an activating group) is 1. The molecule has 3 aliphatic rings. The van der Waals surface area contributed by atoms with Crippen LogP contribution in [0.5, 0.6) is 0 Å². The minimum absolute atomic E-state index is 0.0430. The molecule has 3 fully saturated rings. The van der Waals surface area contributed by atoms with Crippen LogP contribution in [-0.4, -0.2) is 75.4 Å². The number of aliphatic hydroxyl groups excluding tert-OH is 1. The Hall–Kier alpha value is -3.36. The third-order valence-electron chi connectivity index (χ3n) is 9.02. The van der Waals surface area contributed by atoms with E-state index in [0.29, 0.717) is 13.0 Å². The van der Waals surface area contributed by atoms with Gasteiger partial charge in [0.2, 0.25) is 11.8 Å². The molecule has 2 unspecified atom stereocenters. The molecule has 216 valence electrons. The van der Waals surface area contributed by atoms with Crippen molar-refractivity contribution in [3.8, 4) is 0 Å². The first-order valence-corrected chi connectivity index (χ1v) is 15.1. The summed E-state index contributed by atoms with van der Waals surface area (Å²) >= 11 is 1.64. The van der Waals surface area contributed by atoms with Gasteiger partial charge in [-0.05, 0) is 43.4 Å². The molecule has 7 nitrogen and oxygen atoms in total. The SMILES string of the molecule is C=CCN(C)C(=O)[C@@H]1[C@H]2C(=O)N([C@H](CO)c3ccccc3)C(C(=O)N(CC=C)c3c(C)cccc3C)C23CC[C@H]1S3. The van der Waals surface area contributed by atoms with Crippen molar-refractivity contribution >= 4 is 35.2 Å². The zero-order valence-corrected chi connectivity index (χ0v) is 24.8. The van der Waals surface area contributed by atoms with Crippen molar-refractivity contribution in [3.05, 3.63) is 90.5 Å². The van der Waals surface area contributed by atoms with Crippen LogP contribution in [0.3, 0.4) is 0 Å².